The third-order valence-corrected chi connectivity index (χ3v) is 2.38. The van der Waals surface area contributed by atoms with Gasteiger partial charge in [0.05, 0.1) is 12.9 Å². The van der Waals surface area contributed by atoms with E-state index in [1.54, 1.807) is 12.5 Å². The topological polar surface area (TPSA) is 104 Å². The minimum absolute atomic E-state index is 0.0142. The number of amides is 2. The van der Waals surface area contributed by atoms with Crippen molar-refractivity contribution in [2.75, 3.05) is 13.1 Å². The van der Waals surface area contributed by atoms with Crippen LogP contribution in [0.5, 0.6) is 0 Å². The molecule has 0 saturated heterocycles. The van der Waals surface area contributed by atoms with Gasteiger partial charge in [-0.25, -0.2) is 4.98 Å². The van der Waals surface area contributed by atoms with Crippen molar-refractivity contribution in [2.45, 2.75) is 40.0 Å². The Morgan fingerprint density at radius 3 is 2.29 bits per heavy atom. The lowest BCUT2D eigenvalue weighted by atomic mass is 10.2. The van der Waals surface area contributed by atoms with Gasteiger partial charge in [-0.15, -0.1) is 0 Å². The van der Waals surface area contributed by atoms with Gasteiger partial charge in [-0.2, -0.15) is 0 Å². The number of ketones is 1. The summed E-state index contributed by atoms with van der Waals surface area (Å²) in [5.41, 5.74) is 0.944. The van der Waals surface area contributed by atoms with Crippen molar-refractivity contribution in [3.8, 4) is 0 Å². The van der Waals surface area contributed by atoms with E-state index in [-0.39, 0.29) is 37.0 Å². The second-order valence-corrected chi connectivity index (χ2v) is 4.16. The van der Waals surface area contributed by atoms with E-state index in [4.69, 9.17) is 0 Å². The fourth-order valence-corrected chi connectivity index (χ4v) is 1.38. The van der Waals surface area contributed by atoms with E-state index in [1.165, 1.54) is 6.92 Å². The summed E-state index contributed by atoms with van der Waals surface area (Å²) >= 11 is 0. The third kappa shape index (κ3) is 10.3. The molecule has 0 bridgehead atoms. The van der Waals surface area contributed by atoms with E-state index in [2.05, 4.69) is 20.6 Å². The van der Waals surface area contributed by atoms with Gasteiger partial charge in [0.25, 0.3) is 0 Å². The molecule has 1 heterocycles. The number of Topliss-reactive ketones (excluding diaryl/α,β-unsaturated/α-hetero) is 1. The molecule has 7 heteroatoms. The van der Waals surface area contributed by atoms with Gasteiger partial charge in [-0.3, -0.25) is 14.4 Å². The molecule has 0 unspecified atom stereocenters. The molecule has 1 rings (SSSR count). The highest BCUT2D eigenvalue weighted by Gasteiger charge is 2.07. The van der Waals surface area contributed by atoms with E-state index in [1.807, 2.05) is 13.8 Å². The molecule has 0 spiro atoms. The van der Waals surface area contributed by atoms with Gasteiger partial charge < -0.3 is 15.6 Å². The van der Waals surface area contributed by atoms with Crippen LogP contribution in [0.4, 0.5) is 0 Å². The molecule has 0 aliphatic carbocycles. The van der Waals surface area contributed by atoms with Gasteiger partial charge in [0.15, 0.2) is 0 Å². The molecule has 0 atom stereocenters. The van der Waals surface area contributed by atoms with Crippen molar-refractivity contribution >= 4 is 17.6 Å². The first-order valence-corrected chi connectivity index (χ1v) is 7.08. The SMILES string of the molecule is CC.CC(=O)CNC(=O)CCC(=O)NCCc1cnc[nH]1. The molecule has 0 aliphatic rings. The molecule has 0 saturated carbocycles. The summed E-state index contributed by atoms with van der Waals surface area (Å²) in [4.78, 5) is 40.1. The van der Waals surface area contributed by atoms with Crippen LogP contribution in [0.3, 0.4) is 0 Å². The summed E-state index contributed by atoms with van der Waals surface area (Å²) < 4.78 is 0. The second kappa shape index (κ2) is 11.6. The maximum Gasteiger partial charge on any atom is 0.220 e. The highest BCUT2D eigenvalue weighted by atomic mass is 16.2. The first-order valence-electron chi connectivity index (χ1n) is 7.08. The molecule has 7 nitrogen and oxygen atoms in total. The molecule has 1 aromatic rings. The zero-order valence-electron chi connectivity index (χ0n) is 12.9. The van der Waals surface area contributed by atoms with Crippen LogP contribution >= 0.6 is 0 Å². The standard InChI is InChI=1S/C12H18N4O3.C2H6/c1-9(17)6-15-12(19)3-2-11(18)14-5-4-10-7-13-8-16-10;1-2/h7-8H,2-6H2,1H3,(H,13,16)(H,14,18)(H,15,19);1-2H3. The van der Waals surface area contributed by atoms with Crippen molar-refractivity contribution in [3.63, 3.8) is 0 Å². The normalized spacial score (nSPS) is 9.29. The van der Waals surface area contributed by atoms with E-state index < -0.39 is 0 Å². The van der Waals surface area contributed by atoms with Crippen molar-refractivity contribution in [2.24, 2.45) is 0 Å². The number of nitrogens with one attached hydrogen (secondary N) is 3. The lowest BCUT2D eigenvalue weighted by molar-refractivity contribution is -0.127. The van der Waals surface area contributed by atoms with Crippen LogP contribution in [-0.2, 0) is 20.8 Å². The molecule has 2 amide bonds. The number of nitrogens with zero attached hydrogens (tertiary/aromatic N) is 1. The molecular weight excluding hydrogens is 272 g/mol. The summed E-state index contributed by atoms with van der Waals surface area (Å²) in [6.45, 7) is 5.90. The average molecular weight is 296 g/mol. The van der Waals surface area contributed by atoms with E-state index in [0.717, 1.165) is 5.69 Å². The van der Waals surface area contributed by atoms with Crippen LogP contribution < -0.4 is 10.6 Å². The van der Waals surface area contributed by atoms with Crippen molar-refractivity contribution in [1.29, 1.82) is 0 Å². The minimum Gasteiger partial charge on any atom is -0.356 e. The summed E-state index contributed by atoms with van der Waals surface area (Å²) in [7, 11) is 0. The number of rotatable bonds is 8. The number of imidazole rings is 1. The van der Waals surface area contributed by atoms with Crippen molar-refractivity contribution < 1.29 is 14.4 Å². The predicted molar refractivity (Wildman–Crippen MR) is 79.6 cm³/mol. The van der Waals surface area contributed by atoms with Crippen molar-refractivity contribution in [3.05, 3.63) is 18.2 Å². The fourth-order valence-electron chi connectivity index (χ4n) is 1.38. The Morgan fingerprint density at radius 2 is 1.76 bits per heavy atom. The lowest BCUT2D eigenvalue weighted by Gasteiger charge is -2.04. The number of aromatic nitrogens is 2. The average Bonchev–Trinajstić information content (AvgIpc) is 2.98. The number of hydrogen-bond donors (Lipinski definition) is 3. The van der Waals surface area contributed by atoms with Gasteiger partial charge in [-0.05, 0) is 6.92 Å². The van der Waals surface area contributed by atoms with Crippen LogP contribution in [0.1, 0.15) is 39.3 Å². The van der Waals surface area contributed by atoms with Gasteiger partial charge in [-0.1, -0.05) is 13.8 Å². The third-order valence-electron chi connectivity index (χ3n) is 2.38. The number of hydrogen-bond acceptors (Lipinski definition) is 4. The Hall–Kier alpha value is -2.18. The number of carbonyl (C=O) groups is 3. The molecule has 0 radical (unpaired) electrons. The summed E-state index contributed by atoms with van der Waals surface area (Å²) in [6.07, 6.45) is 4.15. The highest BCUT2D eigenvalue weighted by molar-refractivity contribution is 5.87. The van der Waals surface area contributed by atoms with Gasteiger partial charge in [0.1, 0.15) is 5.78 Å². The maximum absolute atomic E-state index is 11.4. The lowest BCUT2D eigenvalue weighted by Crippen LogP contribution is -2.31. The van der Waals surface area contributed by atoms with Gasteiger partial charge in [0, 0.05) is 37.7 Å². The van der Waals surface area contributed by atoms with Crippen LogP contribution in [-0.4, -0.2) is 40.7 Å². The Labute approximate surface area is 124 Å². The zero-order valence-corrected chi connectivity index (χ0v) is 12.9. The summed E-state index contributed by atoms with van der Waals surface area (Å²) in [5.74, 6) is -0.589. The molecule has 3 N–H and O–H groups in total. The maximum atomic E-state index is 11.4. The smallest absolute Gasteiger partial charge is 0.220 e. The van der Waals surface area contributed by atoms with Crippen LogP contribution in [0.15, 0.2) is 12.5 Å². The fraction of sp³-hybridized carbons (Fsp3) is 0.571. The quantitative estimate of drug-likeness (QED) is 0.652. The van der Waals surface area contributed by atoms with E-state index in [0.29, 0.717) is 13.0 Å². The Balaban J connectivity index is 0.00000191. The van der Waals surface area contributed by atoms with Gasteiger partial charge in [0.2, 0.25) is 11.8 Å². The van der Waals surface area contributed by atoms with Crippen molar-refractivity contribution in [1.82, 2.24) is 20.6 Å². The summed E-state index contributed by atoms with van der Waals surface area (Å²) in [5, 5.41) is 5.14. The Kier molecular flexibility index (Phi) is 10.4. The zero-order chi connectivity index (χ0) is 16.1. The monoisotopic (exact) mass is 296 g/mol. The van der Waals surface area contributed by atoms with E-state index in [9.17, 15) is 14.4 Å². The molecule has 0 aromatic carbocycles. The first-order chi connectivity index (χ1) is 10.1. The highest BCUT2D eigenvalue weighted by Crippen LogP contribution is 1.92. The summed E-state index contributed by atoms with van der Waals surface area (Å²) in [6, 6.07) is 0. The van der Waals surface area contributed by atoms with Crippen LogP contribution in [0.25, 0.3) is 0 Å². The largest absolute Gasteiger partial charge is 0.356 e. The number of H-pyrrole nitrogens is 1. The molecule has 0 fully saturated rings. The second-order valence-electron chi connectivity index (χ2n) is 4.16. The molecule has 1 aromatic heterocycles. The first kappa shape index (κ1) is 18.8. The molecule has 118 valence electrons. The van der Waals surface area contributed by atoms with Crippen LogP contribution in [0, 0.1) is 0 Å². The Morgan fingerprint density at radius 1 is 1.14 bits per heavy atom. The molecular formula is C14H24N4O3. The molecule has 21 heavy (non-hydrogen) atoms. The number of carbonyl (C=O) groups excluding carboxylic acids is 3. The van der Waals surface area contributed by atoms with Gasteiger partial charge >= 0.3 is 0 Å². The minimum atomic E-state index is -0.293. The predicted octanol–water partition coefficient (Wildman–Crippen LogP) is 0.580. The number of aromatic amines is 1. The van der Waals surface area contributed by atoms with Crippen LogP contribution in [0.2, 0.25) is 0 Å². The molecule has 0 aliphatic heterocycles. The Bertz CT molecular complexity index is 429. The van der Waals surface area contributed by atoms with E-state index >= 15 is 0 Å².